The summed E-state index contributed by atoms with van der Waals surface area (Å²) in [6, 6.07) is 11.2. The Labute approximate surface area is 150 Å². The summed E-state index contributed by atoms with van der Waals surface area (Å²) >= 11 is 0. The minimum Gasteiger partial charge on any atom is -0.384 e. The van der Waals surface area contributed by atoms with Gasteiger partial charge in [-0.05, 0) is 68.0 Å². The molecule has 4 heteroatoms. The Morgan fingerprint density at radius 2 is 2.00 bits per heavy atom. The second-order valence-corrected chi connectivity index (χ2v) is 6.91. The molecule has 1 N–H and O–H groups in total. The number of pyridine rings is 1. The third-order valence-electron chi connectivity index (χ3n) is 5.32. The summed E-state index contributed by atoms with van der Waals surface area (Å²) in [6.45, 7) is 6.59. The first-order valence-corrected chi connectivity index (χ1v) is 8.79. The summed E-state index contributed by atoms with van der Waals surface area (Å²) in [5.74, 6) is 0.680. The zero-order valence-electron chi connectivity index (χ0n) is 14.3. The van der Waals surface area contributed by atoms with Crippen LogP contribution in [0.4, 0.5) is 5.69 Å². The number of anilines is 1. The molecule has 0 atom stereocenters. The standard InChI is InChI=1S/C20H25N3.ClH/c1-15-5-6-18(13-22-15)16-8-11-23(12-9-16)14-19-4-2-3-17-7-10-21-20(17)19;/h2-6,13,16,21H,7-12,14H2,1H3;1H. The number of aryl methyl sites for hydroxylation is 1. The van der Waals surface area contributed by atoms with E-state index in [4.69, 9.17) is 0 Å². The number of fused-ring (bicyclic) bond motifs is 1. The molecule has 0 amide bonds. The van der Waals surface area contributed by atoms with Crippen LogP contribution in [0.1, 0.15) is 41.1 Å². The Morgan fingerprint density at radius 1 is 1.17 bits per heavy atom. The Morgan fingerprint density at radius 3 is 2.75 bits per heavy atom. The number of rotatable bonds is 3. The molecule has 3 nitrogen and oxygen atoms in total. The van der Waals surface area contributed by atoms with Crippen molar-refractivity contribution in [2.45, 2.75) is 38.6 Å². The smallest absolute Gasteiger partial charge is 0.0419 e. The van der Waals surface area contributed by atoms with Crippen LogP contribution in [0.2, 0.25) is 0 Å². The molecule has 0 spiro atoms. The summed E-state index contributed by atoms with van der Waals surface area (Å²) in [5.41, 5.74) is 6.88. The number of nitrogens with zero attached hydrogens (tertiary/aromatic N) is 2. The van der Waals surface area contributed by atoms with Crippen LogP contribution < -0.4 is 5.32 Å². The molecular weight excluding hydrogens is 318 g/mol. The van der Waals surface area contributed by atoms with Gasteiger partial charge in [-0.1, -0.05) is 24.3 Å². The molecule has 3 heterocycles. The lowest BCUT2D eigenvalue weighted by atomic mass is 9.90. The van der Waals surface area contributed by atoms with Crippen LogP contribution in [0.25, 0.3) is 0 Å². The predicted molar refractivity (Wildman–Crippen MR) is 102 cm³/mol. The molecule has 128 valence electrons. The fourth-order valence-electron chi connectivity index (χ4n) is 3.93. The molecule has 2 aromatic rings. The van der Waals surface area contributed by atoms with Crippen molar-refractivity contribution in [3.05, 3.63) is 58.9 Å². The number of aromatic nitrogens is 1. The largest absolute Gasteiger partial charge is 0.384 e. The molecule has 1 aromatic carbocycles. The summed E-state index contributed by atoms with van der Waals surface area (Å²) in [5, 5.41) is 3.56. The minimum absolute atomic E-state index is 0. The Bertz CT molecular complexity index is 676. The normalized spacial score (nSPS) is 17.9. The van der Waals surface area contributed by atoms with E-state index in [0.717, 1.165) is 18.8 Å². The molecule has 0 aliphatic carbocycles. The Hall–Kier alpha value is -1.58. The van der Waals surface area contributed by atoms with Gasteiger partial charge in [0.05, 0.1) is 0 Å². The van der Waals surface area contributed by atoms with E-state index in [1.165, 1.54) is 54.7 Å². The van der Waals surface area contributed by atoms with Crippen molar-refractivity contribution in [2.75, 3.05) is 25.0 Å². The predicted octanol–water partition coefficient (Wildman–Crippen LogP) is 4.16. The fourth-order valence-corrected chi connectivity index (χ4v) is 3.93. The number of piperidine rings is 1. The molecule has 1 aromatic heterocycles. The Balaban J connectivity index is 0.00000169. The monoisotopic (exact) mass is 343 g/mol. The third-order valence-corrected chi connectivity index (χ3v) is 5.32. The number of halogens is 1. The van der Waals surface area contributed by atoms with Gasteiger partial charge in [-0.2, -0.15) is 0 Å². The van der Waals surface area contributed by atoms with E-state index in [-0.39, 0.29) is 12.4 Å². The molecule has 2 aliphatic heterocycles. The van der Waals surface area contributed by atoms with Crippen LogP contribution in [-0.4, -0.2) is 29.5 Å². The van der Waals surface area contributed by atoms with Gasteiger partial charge in [0.25, 0.3) is 0 Å². The van der Waals surface area contributed by atoms with Crippen molar-refractivity contribution < 1.29 is 0 Å². The highest BCUT2D eigenvalue weighted by molar-refractivity contribution is 5.85. The number of nitrogens with one attached hydrogen (secondary N) is 1. The lowest BCUT2D eigenvalue weighted by Crippen LogP contribution is -2.32. The Kier molecular flexibility index (Phi) is 5.42. The van der Waals surface area contributed by atoms with Gasteiger partial charge in [-0.25, -0.2) is 0 Å². The van der Waals surface area contributed by atoms with Gasteiger partial charge in [-0.15, -0.1) is 12.4 Å². The van der Waals surface area contributed by atoms with Gasteiger partial charge in [0.15, 0.2) is 0 Å². The van der Waals surface area contributed by atoms with E-state index in [1.807, 2.05) is 0 Å². The molecule has 0 radical (unpaired) electrons. The van der Waals surface area contributed by atoms with Gasteiger partial charge in [0.2, 0.25) is 0 Å². The molecule has 0 saturated carbocycles. The van der Waals surface area contributed by atoms with Gasteiger partial charge in [-0.3, -0.25) is 9.88 Å². The van der Waals surface area contributed by atoms with Crippen LogP contribution in [0.5, 0.6) is 0 Å². The van der Waals surface area contributed by atoms with E-state index in [2.05, 4.69) is 58.7 Å². The SMILES string of the molecule is Cc1ccc(C2CCN(Cc3cccc4c3NCC4)CC2)cn1.Cl. The summed E-state index contributed by atoms with van der Waals surface area (Å²) in [4.78, 5) is 7.06. The van der Waals surface area contributed by atoms with Crippen molar-refractivity contribution in [3.63, 3.8) is 0 Å². The van der Waals surface area contributed by atoms with Gasteiger partial charge in [0, 0.05) is 30.7 Å². The van der Waals surface area contributed by atoms with Gasteiger partial charge >= 0.3 is 0 Å². The van der Waals surface area contributed by atoms with Crippen molar-refractivity contribution >= 4 is 18.1 Å². The average molecular weight is 344 g/mol. The van der Waals surface area contributed by atoms with Crippen molar-refractivity contribution in [2.24, 2.45) is 0 Å². The zero-order chi connectivity index (χ0) is 15.6. The molecule has 0 bridgehead atoms. The maximum absolute atomic E-state index is 4.46. The first-order valence-electron chi connectivity index (χ1n) is 8.79. The van der Waals surface area contributed by atoms with E-state index in [0.29, 0.717) is 5.92 Å². The van der Waals surface area contributed by atoms with Crippen molar-refractivity contribution in [3.8, 4) is 0 Å². The second-order valence-electron chi connectivity index (χ2n) is 6.91. The third kappa shape index (κ3) is 3.57. The molecule has 2 aliphatic rings. The maximum atomic E-state index is 4.46. The van der Waals surface area contributed by atoms with E-state index in [1.54, 1.807) is 0 Å². The first-order chi connectivity index (χ1) is 11.3. The van der Waals surface area contributed by atoms with Crippen LogP contribution >= 0.6 is 12.4 Å². The van der Waals surface area contributed by atoms with Crippen LogP contribution in [-0.2, 0) is 13.0 Å². The molecule has 4 rings (SSSR count). The summed E-state index contributed by atoms with van der Waals surface area (Å²) in [6.07, 6.45) is 5.73. The number of hydrogen-bond donors (Lipinski definition) is 1. The summed E-state index contributed by atoms with van der Waals surface area (Å²) < 4.78 is 0. The second kappa shape index (κ2) is 7.54. The number of para-hydroxylation sites is 1. The molecule has 1 saturated heterocycles. The molecule has 1 fully saturated rings. The maximum Gasteiger partial charge on any atom is 0.0419 e. The highest BCUT2D eigenvalue weighted by atomic mass is 35.5. The van der Waals surface area contributed by atoms with Crippen molar-refractivity contribution in [1.29, 1.82) is 0 Å². The lowest BCUT2D eigenvalue weighted by molar-refractivity contribution is 0.205. The van der Waals surface area contributed by atoms with Crippen molar-refractivity contribution in [1.82, 2.24) is 9.88 Å². The number of benzene rings is 1. The number of likely N-dealkylation sites (tertiary alicyclic amines) is 1. The van der Waals surface area contributed by atoms with Gasteiger partial charge in [0.1, 0.15) is 0 Å². The first kappa shape index (κ1) is 17.2. The highest BCUT2D eigenvalue weighted by Gasteiger charge is 2.22. The fraction of sp³-hybridized carbons (Fsp3) is 0.450. The van der Waals surface area contributed by atoms with Crippen LogP contribution in [0, 0.1) is 6.92 Å². The highest BCUT2D eigenvalue weighted by Crippen LogP contribution is 2.31. The topological polar surface area (TPSA) is 28.2 Å². The van der Waals surface area contributed by atoms with E-state index >= 15 is 0 Å². The quantitative estimate of drug-likeness (QED) is 0.907. The number of hydrogen-bond acceptors (Lipinski definition) is 3. The summed E-state index contributed by atoms with van der Waals surface area (Å²) in [7, 11) is 0. The van der Waals surface area contributed by atoms with Crippen LogP contribution in [0.3, 0.4) is 0 Å². The van der Waals surface area contributed by atoms with Gasteiger partial charge < -0.3 is 5.32 Å². The zero-order valence-corrected chi connectivity index (χ0v) is 15.1. The minimum atomic E-state index is 0. The van der Waals surface area contributed by atoms with E-state index < -0.39 is 0 Å². The average Bonchev–Trinajstić information content (AvgIpc) is 3.06. The van der Waals surface area contributed by atoms with Crippen LogP contribution in [0.15, 0.2) is 36.5 Å². The van der Waals surface area contributed by atoms with E-state index in [9.17, 15) is 0 Å². The molecule has 0 unspecified atom stereocenters. The molecular formula is C20H26ClN3. The lowest BCUT2D eigenvalue weighted by Gasteiger charge is -2.32. The molecule has 24 heavy (non-hydrogen) atoms.